The molecule has 1 unspecified atom stereocenters. The number of carbonyl (C=O) groups is 1. The van der Waals surface area contributed by atoms with Crippen LogP contribution in [-0.2, 0) is 9.53 Å². The molecule has 1 atom stereocenters. The van der Waals surface area contributed by atoms with Gasteiger partial charge in [0.25, 0.3) is 0 Å². The summed E-state index contributed by atoms with van der Waals surface area (Å²) in [4.78, 5) is 17.0. The minimum atomic E-state index is -1.03. The van der Waals surface area contributed by atoms with E-state index in [1.165, 1.54) is 6.92 Å². The zero-order chi connectivity index (χ0) is 16.2. The number of aromatic nitrogens is 1. The quantitative estimate of drug-likeness (QED) is 0.630. The Kier molecular flexibility index (Phi) is 6.44. The van der Waals surface area contributed by atoms with Gasteiger partial charge in [-0.3, -0.25) is 0 Å². The van der Waals surface area contributed by atoms with Crippen molar-refractivity contribution in [1.29, 1.82) is 0 Å². The van der Waals surface area contributed by atoms with Crippen LogP contribution in [-0.4, -0.2) is 49.2 Å². The molecule has 0 radical (unpaired) electrons. The minimum Gasteiger partial charge on any atom is -0.462 e. The van der Waals surface area contributed by atoms with Gasteiger partial charge in [0.1, 0.15) is 16.7 Å². The molecule has 0 bridgehead atoms. The number of ether oxygens (including phenoxy) is 2. The molecule has 21 heavy (non-hydrogen) atoms. The number of likely N-dealkylation sites (N-methyl/N-ethyl adjacent to an activating group) is 1. The Morgan fingerprint density at radius 2 is 2.05 bits per heavy atom. The molecule has 118 valence electrons. The number of hydrogen-bond acceptors (Lipinski definition) is 6. The first-order valence-electron chi connectivity index (χ1n) is 6.02. The lowest BCUT2D eigenvalue weighted by atomic mass is 10.4. The van der Waals surface area contributed by atoms with Gasteiger partial charge in [0.05, 0.1) is 5.69 Å². The van der Waals surface area contributed by atoms with Crippen LogP contribution in [0.3, 0.4) is 0 Å². The number of carbonyl (C=O) groups excluding carboxylic acids is 1. The van der Waals surface area contributed by atoms with Crippen LogP contribution in [0.1, 0.15) is 6.92 Å². The van der Waals surface area contributed by atoms with Gasteiger partial charge in [-0.15, -0.1) is 0 Å². The second-order valence-corrected chi connectivity index (χ2v) is 5.24. The second kappa shape index (κ2) is 7.63. The van der Waals surface area contributed by atoms with E-state index in [4.69, 9.17) is 38.4 Å². The number of nitrogen functional groups attached to an aromatic ring is 1. The largest absolute Gasteiger partial charge is 0.462 e. The Labute approximate surface area is 131 Å². The number of esters is 1. The van der Waals surface area contributed by atoms with Gasteiger partial charge in [-0.05, 0) is 21.0 Å². The topological polar surface area (TPSA) is 77.7 Å². The van der Waals surface area contributed by atoms with E-state index in [2.05, 4.69) is 4.98 Å². The molecular formula is C12H16Cl2FN3O3. The summed E-state index contributed by atoms with van der Waals surface area (Å²) in [5.74, 6) is -1.96. The minimum absolute atomic E-state index is 0.158. The number of nitrogens with zero attached hydrogens (tertiary/aromatic N) is 2. The van der Waals surface area contributed by atoms with Crippen LogP contribution >= 0.6 is 23.2 Å². The van der Waals surface area contributed by atoms with Crippen molar-refractivity contribution in [1.82, 2.24) is 9.88 Å². The highest BCUT2D eigenvalue weighted by molar-refractivity contribution is 6.39. The first-order chi connectivity index (χ1) is 9.73. The van der Waals surface area contributed by atoms with E-state index < -0.39 is 23.0 Å². The van der Waals surface area contributed by atoms with E-state index >= 15 is 0 Å². The highest BCUT2D eigenvalue weighted by Gasteiger charge is 2.22. The summed E-state index contributed by atoms with van der Waals surface area (Å²) in [6.07, 6.45) is -1.02. The summed E-state index contributed by atoms with van der Waals surface area (Å²) in [7, 11) is 3.69. The zero-order valence-corrected chi connectivity index (χ0v) is 13.3. The highest BCUT2D eigenvalue weighted by Crippen LogP contribution is 2.35. The molecule has 0 spiro atoms. The predicted molar refractivity (Wildman–Crippen MR) is 78.2 cm³/mol. The number of pyridine rings is 1. The van der Waals surface area contributed by atoms with Crippen LogP contribution in [0.15, 0.2) is 0 Å². The molecule has 1 aromatic rings. The average molecular weight is 340 g/mol. The van der Waals surface area contributed by atoms with Crippen molar-refractivity contribution in [3.05, 3.63) is 16.0 Å². The van der Waals surface area contributed by atoms with Crippen LogP contribution in [0.2, 0.25) is 10.0 Å². The lowest BCUT2D eigenvalue weighted by Gasteiger charge is -2.16. The van der Waals surface area contributed by atoms with E-state index in [0.29, 0.717) is 6.54 Å². The third-order valence-electron chi connectivity index (χ3n) is 2.44. The number of hydrogen-bond donors (Lipinski definition) is 1. The predicted octanol–water partition coefficient (Wildman–Crippen LogP) is 1.98. The average Bonchev–Trinajstić information content (AvgIpc) is 2.41. The summed E-state index contributed by atoms with van der Waals surface area (Å²) < 4.78 is 23.5. The van der Waals surface area contributed by atoms with E-state index in [0.717, 1.165) is 0 Å². The highest BCUT2D eigenvalue weighted by atomic mass is 35.5. The zero-order valence-electron chi connectivity index (χ0n) is 11.8. The van der Waals surface area contributed by atoms with E-state index in [1.807, 2.05) is 19.0 Å². The van der Waals surface area contributed by atoms with Crippen LogP contribution in [0.25, 0.3) is 0 Å². The van der Waals surface area contributed by atoms with Gasteiger partial charge in [-0.25, -0.2) is 4.79 Å². The lowest BCUT2D eigenvalue weighted by molar-refractivity contribution is -0.151. The van der Waals surface area contributed by atoms with Crippen molar-refractivity contribution in [2.75, 3.05) is 33.0 Å². The summed E-state index contributed by atoms with van der Waals surface area (Å²) in [6.45, 7) is 2.20. The molecule has 9 heteroatoms. The summed E-state index contributed by atoms with van der Waals surface area (Å²) in [5, 5.41) is -0.553. The Bertz CT molecular complexity index is 529. The van der Waals surface area contributed by atoms with Crippen molar-refractivity contribution in [3.63, 3.8) is 0 Å². The molecule has 1 aromatic heterocycles. The Morgan fingerprint density at radius 1 is 1.43 bits per heavy atom. The van der Waals surface area contributed by atoms with Crippen LogP contribution < -0.4 is 10.5 Å². The van der Waals surface area contributed by atoms with Crippen LogP contribution in [0.4, 0.5) is 10.1 Å². The van der Waals surface area contributed by atoms with Gasteiger partial charge in [0.15, 0.2) is 6.10 Å². The molecule has 0 aliphatic heterocycles. The van der Waals surface area contributed by atoms with Crippen molar-refractivity contribution in [2.45, 2.75) is 13.0 Å². The Hall–Kier alpha value is -1.31. The van der Waals surface area contributed by atoms with Gasteiger partial charge in [0.2, 0.25) is 11.8 Å². The standard InChI is InChI=1S/C12H16Cl2FN3O3/c1-6(12(19)20-5-4-18(2)3)21-11-8(14)9(16)7(13)10(15)17-11/h6H,4-5H2,1-3H3,(H2,16,17). The fourth-order valence-corrected chi connectivity index (χ4v) is 1.62. The van der Waals surface area contributed by atoms with Gasteiger partial charge >= 0.3 is 5.97 Å². The molecule has 1 rings (SSSR count). The summed E-state index contributed by atoms with van der Waals surface area (Å²) >= 11 is 11.4. The molecule has 0 saturated carbocycles. The third-order valence-corrected chi connectivity index (χ3v) is 3.17. The first-order valence-corrected chi connectivity index (χ1v) is 6.77. The Morgan fingerprint density at radius 3 is 2.62 bits per heavy atom. The van der Waals surface area contributed by atoms with E-state index in [-0.39, 0.29) is 23.2 Å². The maximum absolute atomic E-state index is 13.4. The molecule has 0 aromatic carbocycles. The van der Waals surface area contributed by atoms with Crippen LogP contribution in [0.5, 0.6) is 5.88 Å². The third kappa shape index (κ3) is 4.87. The molecule has 1 heterocycles. The number of nitrogens with two attached hydrogens (primary N) is 1. The monoisotopic (exact) mass is 339 g/mol. The molecule has 2 N–H and O–H groups in total. The molecule has 6 nitrogen and oxygen atoms in total. The van der Waals surface area contributed by atoms with Gasteiger partial charge in [-0.1, -0.05) is 23.2 Å². The number of rotatable bonds is 6. The molecule has 0 saturated heterocycles. The van der Waals surface area contributed by atoms with E-state index in [9.17, 15) is 9.18 Å². The van der Waals surface area contributed by atoms with Crippen LogP contribution in [0, 0.1) is 5.95 Å². The van der Waals surface area contributed by atoms with Crippen molar-refractivity contribution >= 4 is 34.9 Å². The Balaban J connectivity index is 2.71. The smallest absolute Gasteiger partial charge is 0.347 e. The molecule has 0 fully saturated rings. The fraction of sp³-hybridized carbons (Fsp3) is 0.500. The van der Waals surface area contributed by atoms with Gasteiger partial charge < -0.3 is 20.1 Å². The second-order valence-electron chi connectivity index (χ2n) is 4.48. The maximum Gasteiger partial charge on any atom is 0.347 e. The normalized spacial score (nSPS) is 12.3. The number of halogens is 3. The molecular weight excluding hydrogens is 324 g/mol. The number of anilines is 1. The van der Waals surface area contributed by atoms with Gasteiger partial charge in [-0.2, -0.15) is 9.37 Å². The van der Waals surface area contributed by atoms with Crippen molar-refractivity contribution in [2.24, 2.45) is 0 Å². The summed E-state index contributed by atoms with van der Waals surface area (Å²) in [6, 6.07) is 0. The van der Waals surface area contributed by atoms with Crippen molar-refractivity contribution in [3.8, 4) is 5.88 Å². The van der Waals surface area contributed by atoms with Crippen molar-refractivity contribution < 1.29 is 18.7 Å². The molecule has 0 amide bonds. The molecule has 0 aliphatic rings. The molecule has 0 aliphatic carbocycles. The van der Waals surface area contributed by atoms with E-state index in [1.54, 1.807) is 0 Å². The SMILES string of the molecule is CC(Oc1nc(F)c(Cl)c(N)c1Cl)C(=O)OCCN(C)C. The lowest BCUT2D eigenvalue weighted by Crippen LogP contribution is -2.29. The fourth-order valence-electron chi connectivity index (χ4n) is 1.25. The maximum atomic E-state index is 13.4. The summed E-state index contributed by atoms with van der Waals surface area (Å²) in [5.41, 5.74) is 5.30. The van der Waals surface area contributed by atoms with Gasteiger partial charge in [0, 0.05) is 6.54 Å². The first kappa shape index (κ1) is 17.7.